The predicted octanol–water partition coefficient (Wildman–Crippen LogP) is 8.65. The second kappa shape index (κ2) is 17.1. The first-order chi connectivity index (χ1) is 29.0. The molecule has 0 aliphatic carbocycles. The van der Waals surface area contributed by atoms with E-state index in [1.54, 1.807) is 22.7 Å². The van der Waals surface area contributed by atoms with E-state index in [0.717, 1.165) is 91.1 Å². The summed E-state index contributed by atoms with van der Waals surface area (Å²) in [5.74, 6) is 0.942. The van der Waals surface area contributed by atoms with Crippen LogP contribution in [0.4, 0.5) is 9.59 Å². The zero-order valence-corrected chi connectivity index (χ0v) is 36.2. The molecule has 4 unspecified atom stereocenters. The number of carbonyl (C=O) groups is 4. The Hall–Kier alpha value is -5.74. The van der Waals surface area contributed by atoms with Gasteiger partial charge in [0.15, 0.2) is 0 Å². The Morgan fingerprint density at radius 2 is 1.05 bits per heavy atom. The second-order valence-electron chi connectivity index (χ2n) is 16.1. The van der Waals surface area contributed by atoms with E-state index in [2.05, 4.69) is 67.8 Å². The van der Waals surface area contributed by atoms with Crippen LogP contribution < -0.4 is 10.6 Å². The van der Waals surface area contributed by atoms with Gasteiger partial charge in [0.2, 0.25) is 11.8 Å². The van der Waals surface area contributed by atoms with Crippen molar-refractivity contribution >= 4 is 66.8 Å². The quantitative estimate of drug-likeness (QED) is 0.100. The molecule has 14 nitrogen and oxygen atoms in total. The third-order valence-corrected chi connectivity index (χ3v) is 13.7. The van der Waals surface area contributed by atoms with Crippen LogP contribution in [0.25, 0.3) is 53.8 Å². The summed E-state index contributed by atoms with van der Waals surface area (Å²) in [6.07, 6.45) is 5.68. The van der Waals surface area contributed by atoms with E-state index in [1.165, 1.54) is 14.2 Å². The average Bonchev–Trinajstić information content (AvgIpc) is 4.10. The van der Waals surface area contributed by atoms with Gasteiger partial charge in [0.25, 0.3) is 0 Å². The number of rotatable bonds is 11. The van der Waals surface area contributed by atoms with Crippen molar-refractivity contribution in [3.05, 3.63) is 71.2 Å². The topological polar surface area (TPSA) is 175 Å². The minimum atomic E-state index is -0.700. The van der Waals surface area contributed by atoms with Crippen molar-refractivity contribution in [3.8, 4) is 33.6 Å². The average molecular weight is 851 g/mol. The fourth-order valence-corrected chi connectivity index (χ4v) is 10.6. The molecule has 2 saturated heterocycles. The summed E-state index contributed by atoms with van der Waals surface area (Å²) < 4.78 is 11.9. The molecule has 0 bridgehead atoms. The second-order valence-corrected chi connectivity index (χ2v) is 17.9. The normalized spacial score (nSPS) is 17.8. The van der Waals surface area contributed by atoms with Crippen LogP contribution in [-0.2, 0) is 19.1 Å². The van der Waals surface area contributed by atoms with Gasteiger partial charge in [-0.2, -0.15) is 0 Å². The molecule has 2 aliphatic rings. The lowest BCUT2D eigenvalue weighted by Crippen LogP contribution is -2.51. The molecule has 60 heavy (non-hydrogen) atoms. The van der Waals surface area contributed by atoms with Crippen molar-refractivity contribution in [2.24, 2.45) is 11.8 Å². The molecule has 0 spiro atoms. The first-order valence-electron chi connectivity index (χ1n) is 20.4. The Balaban J connectivity index is 1.05. The van der Waals surface area contributed by atoms with Gasteiger partial charge in [-0.25, -0.2) is 19.6 Å². The number of likely N-dealkylation sites (tertiary alicyclic amines) is 2. The maximum absolute atomic E-state index is 13.7. The fraction of sp³-hybridized carbons (Fsp3) is 0.409. The molecule has 2 aliphatic heterocycles. The number of imidazole rings is 2. The van der Waals surface area contributed by atoms with Gasteiger partial charge in [-0.05, 0) is 71.5 Å². The van der Waals surface area contributed by atoms with Gasteiger partial charge in [-0.1, -0.05) is 52.0 Å². The number of alkyl carbamates (subject to hydrolysis) is 2. The van der Waals surface area contributed by atoms with E-state index in [1.807, 2.05) is 49.9 Å². The minimum absolute atomic E-state index is 0.116. The highest BCUT2D eigenvalue weighted by molar-refractivity contribution is 7.18. The zero-order chi connectivity index (χ0) is 42.2. The number of hydrogen-bond donors (Lipinski definition) is 4. The van der Waals surface area contributed by atoms with Crippen molar-refractivity contribution in [1.82, 2.24) is 40.4 Å². The van der Waals surface area contributed by atoms with Gasteiger partial charge in [-0.3, -0.25) is 9.59 Å². The number of H-pyrrole nitrogens is 2. The van der Waals surface area contributed by atoms with E-state index < -0.39 is 24.3 Å². The Kier molecular flexibility index (Phi) is 11.7. The predicted molar refractivity (Wildman–Crippen MR) is 234 cm³/mol. The van der Waals surface area contributed by atoms with Gasteiger partial charge in [-0.15, -0.1) is 22.7 Å². The van der Waals surface area contributed by atoms with Crippen LogP contribution in [0.5, 0.6) is 0 Å². The van der Waals surface area contributed by atoms with Crippen molar-refractivity contribution in [2.45, 2.75) is 77.5 Å². The lowest BCUT2D eigenvalue weighted by molar-refractivity contribution is -0.136. The summed E-state index contributed by atoms with van der Waals surface area (Å²) in [6.45, 7) is 8.81. The van der Waals surface area contributed by atoms with Crippen LogP contribution in [0.15, 0.2) is 59.6 Å². The van der Waals surface area contributed by atoms with E-state index in [4.69, 9.17) is 19.4 Å². The SMILES string of the molecule is COC(=O)NC(C(=O)N1CCCC1c1ncc(-c2ccc(-c3ccc(-c4cnc(C5CCCN5C(=O)C(NC(=O)OC)C(C)C)[nH]4)c4sccc34)c3ccsc23)[nH]1)C(C)C. The number of fused-ring (bicyclic) bond motifs is 2. The maximum Gasteiger partial charge on any atom is 0.407 e. The largest absolute Gasteiger partial charge is 0.453 e. The molecule has 4 aromatic heterocycles. The Morgan fingerprint density at radius 3 is 1.43 bits per heavy atom. The lowest BCUT2D eigenvalue weighted by atomic mass is 9.95. The summed E-state index contributed by atoms with van der Waals surface area (Å²) in [7, 11) is 2.59. The molecule has 2 fully saturated rings. The van der Waals surface area contributed by atoms with Gasteiger partial charge >= 0.3 is 12.2 Å². The van der Waals surface area contributed by atoms with Gasteiger partial charge in [0, 0.05) is 44.4 Å². The molecule has 4 amide bonds. The number of carbonyl (C=O) groups excluding carboxylic acids is 4. The molecule has 314 valence electrons. The van der Waals surface area contributed by atoms with E-state index in [0.29, 0.717) is 13.1 Å². The fourth-order valence-electron chi connectivity index (χ4n) is 8.69. The van der Waals surface area contributed by atoms with Crippen LogP contribution in [0.2, 0.25) is 0 Å². The summed E-state index contributed by atoms with van der Waals surface area (Å²) in [6, 6.07) is 11.1. The maximum atomic E-state index is 13.7. The molecule has 8 rings (SSSR count). The van der Waals surface area contributed by atoms with Crippen molar-refractivity contribution in [1.29, 1.82) is 0 Å². The first kappa shape index (κ1) is 41.0. The molecule has 2 aromatic carbocycles. The first-order valence-corrected chi connectivity index (χ1v) is 22.2. The number of nitrogens with zero attached hydrogens (tertiary/aromatic N) is 4. The molecule has 4 N–H and O–H groups in total. The van der Waals surface area contributed by atoms with Gasteiger partial charge in [0.05, 0.1) is 50.1 Å². The summed E-state index contributed by atoms with van der Waals surface area (Å²) in [4.78, 5) is 72.0. The Bertz CT molecular complexity index is 2380. The number of benzene rings is 2. The Morgan fingerprint density at radius 1 is 0.650 bits per heavy atom. The van der Waals surface area contributed by atoms with Crippen LogP contribution in [0, 0.1) is 11.8 Å². The van der Waals surface area contributed by atoms with E-state index in [-0.39, 0.29) is 35.7 Å². The van der Waals surface area contributed by atoms with Crippen molar-refractivity contribution in [3.63, 3.8) is 0 Å². The van der Waals surface area contributed by atoms with Gasteiger partial charge in [0.1, 0.15) is 23.7 Å². The number of aromatic amines is 2. The standard InChI is InChI=1S/C44H50N8O6S2/c1-23(2)35(49-43(55)57-5)41(53)51-17-7-9-33(51)39-45-21-31(47-39)29-13-11-25(27-15-19-59-37(27)29)26-12-14-30(38-28(26)16-20-60-38)32-22-46-40(48-32)34-10-8-18-52(34)42(54)36(24(3)4)50-44(56)58-6/h11-16,19-24,33-36H,7-10,17-18H2,1-6H3,(H,45,47)(H,46,48)(H,49,55)(H,50,56). The molecule has 4 atom stereocenters. The number of methoxy groups -OCH3 is 2. The van der Waals surface area contributed by atoms with Crippen LogP contribution in [-0.4, -0.2) is 93.1 Å². The Labute approximate surface area is 356 Å². The number of thiophene rings is 2. The number of amides is 4. The number of hydrogen-bond acceptors (Lipinski definition) is 10. The molecule has 0 radical (unpaired) electrons. The highest BCUT2D eigenvalue weighted by Crippen LogP contribution is 2.44. The minimum Gasteiger partial charge on any atom is -0.453 e. The summed E-state index contributed by atoms with van der Waals surface area (Å²) in [5.41, 5.74) is 6.08. The highest BCUT2D eigenvalue weighted by atomic mass is 32.1. The summed E-state index contributed by atoms with van der Waals surface area (Å²) in [5, 5.41) is 11.9. The molecule has 16 heteroatoms. The van der Waals surface area contributed by atoms with E-state index >= 15 is 0 Å². The number of aromatic nitrogens is 4. The molecule has 0 saturated carbocycles. The monoisotopic (exact) mass is 850 g/mol. The smallest absolute Gasteiger partial charge is 0.407 e. The molecule has 6 heterocycles. The van der Waals surface area contributed by atoms with Gasteiger partial charge < -0.3 is 39.9 Å². The summed E-state index contributed by atoms with van der Waals surface area (Å²) >= 11 is 3.36. The van der Waals surface area contributed by atoms with Crippen LogP contribution in [0.3, 0.4) is 0 Å². The van der Waals surface area contributed by atoms with Crippen molar-refractivity contribution in [2.75, 3.05) is 27.3 Å². The number of ether oxygens (including phenoxy) is 2. The number of nitrogens with one attached hydrogen (secondary N) is 4. The van der Waals surface area contributed by atoms with E-state index in [9.17, 15) is 19.2 Å². The highest BCUT2D eigenvalue weighted by Gasteiger charge is 2.39. The zero-order valence-electron chi connectivity index (χ0n) is 34.5. The third kappa shape index (κ3) is 7.62. The molecule has 6 aromatic rings. The molecular formula is C44H50N8O6S2. The van der Waals surface area contributed by atoms with Crippen molar-refractivity contribution < 1.29 is 28.7 Å². The van der Waals surface area contributed by atoms with Crippen LogP contribution in [0.1, 0.15) is 77.1 Å². The third-order valence-electron chi connectivity index (χ3n) is 11.8. The lowest BCUT2D eigenvalue weighted by Gasteiger charge is -2.30. The molecular weight excluding hydrogens is 801 g/mol. The van der Waals surface area contributed by atoms with Crippen LogP contribution >= 0.6 is 22.7 Å².